The van der Waals surface area contributed by atoms with Gasteiger partial charge >= 0.3 is 0 Å². The van der Waals surface area contributed by atoms with E-state index >= 15 is 0 Å². The zero-order chi connectivity index (χ0) is 13.3. The van der Waals surface area contributed by atoms with Crippen molar-refractivity contribution in [2.45, 2.75) is 27.3 Å². The maximum absolute atomic E-state index is 4.41. The van der Waals surface area contributed by atoms with E-state index in [-0.39, 0.29) is 0 Å². The molecule has 2 rings (SSSR count). The maximum Gasteiger partial charge on any atom is 0.140 e. The normalized spacial score (nSPS) is 10.7. The van der Waals surface area contributed by atoms with Gasteiger partial charge in [-0.2, -0.15) is 5.10 Å². The third-order valence-electron chi connectivity index (χ3n) is 3.17. The second kappa shape index (κ2) is 5.10. The average molecular weight is 309 g/mol. The summed E-state index contributed by atoms with van der Waals surface area (Å²) < 4.78 is 2.93. The number of pyridine rings is 1. The number of nitrogens with one attached hydrogen (secondary N) is 1. The smallest absolute Gasteiger partial charge is 0.140 e. The first-order chi connectivity index (χ1) is 8.50. The molecule has 0 aliphatic rings. The molecule has 0 spiro atoms. The van der Waals surface area contributed by atoms with Gasteiger partial charge in [-0.1, -0.05) is 0 Å². The van der Waals surface area contributed by atoms with E-state index in [0.29, 0.717) is 0 Å². The third-order valence-corrected chi connectivity index (χ3v) is 4.17. The van der Waals surface area contributed by atoms with Crippen LogP contribution < -0.4 is 5.32 Å². The summed E-state index contributed by atoms with van der Waals surface area (Å²) in [7, 11) is 1.96. The molecule has 96 valence electrons. The summed E-state index contributed by atoms with van der Waals surface area (Å²) in [4.78, 5) is 4.34. The van der Waals surface area contributed by atoms with Crippen LogP contribution in [0.5, 0.6) is 0 Å². The van der Waals surface area contributed by atoms with Crippen LogP contribution in [0.3, 0.4) is 0 Å². The van der Waals surface area contributed by atoms with E-state index in [1.54, 1.807) is 0 Å². The molecule has 18 heavy (non-hydrogen) atoms. The first-order valence-corrected chi connectivity index (χ1v) is 6.64. The van der Waals surface area contributed by atoms with E-state index in [2.05, 4.69) is 45.2 Å². The van der Waals surface area contributed by atoms with Crippen LogP contribution in [0.1, 0.15) is 22.5 Å². The first-order valence-electron chi connectivity index (χ1n) is 5.84. The molecule has 0 bridgehead atoms. The zero-order valence-electron chi connectivity index (χ0n) is 11.1. The van der Waals surface area contributed by atoms with Gasteiger partial charge in [0.15, 0.2) is 0 Å². The van der Waals surface area contributed by atoms with Gasteiger partial charge in [0.1, 0.15) is 5.82 Å². The van der Waals surface area contributed by atoms with Crippen molar-refractivity contribution in [2.24, 2.45) is 7.05 Å². The van der Waals surface area contributed by atoms with Crippen molar-refractivity contribution in [1.82, 2.24) is 14.8 Å². The van der Waals surface area contributed by atoms with Gasteiger partial charge in [0.05, 0.1) is 10.2 Å². The molecule has 5 heteroatoms. The van der Waals surface area contributed by atoms with Crippen LogP contribution in [-0.4, -0.2) is 14.8 Å². The highest BCUT2D eigenvalue weighted by molar-refractivity contribution is 9.10. The Labute approximate surface area is 116 Å². The molecule has 2 aromatic heterocycles. The van der Waals surface area contributed by atoms with Crippen LogP contribution in [-0.2, 0) is 13.6 Å². The third kappa shape index (κ3) is 2.41. The van der Waals surface area contributed by atoms with E-state index in [1.807, 2.05) is 30.9 Å². The van der Waals surface area contributed by atoms with Gasteiger partial charge in [-0.25, -0.2) is 4.98 Å². The fourth-order valence-electron chi connectivity index (χ4n) is 1.91. The Balaban J connectivity index is 2.19. The van der Waals surface area contributed by atoms with Gasteiger partial charge in [0, 0.05) is 31.0 Å². The summed E-state index contributed by atoms with van der Waals surface area (Å²) >= 11 is 3.55. The molecule has 0 atom stereocenters. The Morgan fingerprint density at radius 2 is 2.06 bits per heavy atom. The lowest BCUT2D eigenvalue weighted by Gasteiger charge is -2.09. The predicted molar refractivity (Wildman–Crippen MR) is 76.7 cm³/mol. The van der Waals surface area contributed by atoms with Crippen molar-refractivity contribution in [2.75, 3.05) is 5.32 Å². The number of halogens is 1. The van der Waals surface area contributed by atoms with Gasteiger partial charge in [0.25, 0.3) is 0 Å². The highest BCUT2D eigenvalue weighted by atomic mass is 79.9. The standard InChI is InChI=1S/C13H17BrN4/c1-8-5-6-15-13(12(8)14)16-7-11-9(2)17-18(4)10(11)3/h5-6H,7H2,1-4H3,(H,15,16). The summed E-state index contributed by atoms with van der Waals surface area (Å²) in [5.74, 6) is 0.873. The first kappa shape index (κ1) is 13.1. The van der Waals surface area contributed by atoms with Crippen molar-refractivity contribution >= 4 is 21.7 Å². The second-order valence-electron chi connectivity index (χ2n) is 4.42. The largest absolute Gasteiger partial charge is 0.365 e. The molecular formula is C13H17BrN4. The highest BCUT2D eigenvalue weighted by Crippen LogP contribution is 2.24. The predicted octanol–water partition coefficient (Wildman–Crippen LogP) is 3.11. The van der Waals surface area contributed by atoms with E-state index in [1.165, 1.54) is 16.8 Å². The molecule has 0 unspecified atom stereocenters. The van der Waals surface area contributed by atoms with Crippen LogP contribution in [0.4, 0.5) is 5.82 Å². The second-order valence-corrected chi connectivity index (χ2v) is 5.21. The maximum atomic E-state index is 4.41. The topological polar surface area (TPSA) is 42.7 Å². The monoisotopic (exact) mass is 308 g/mol. The summed E-state index contributed by atoms with van der Waals surface area (Å²) in [6.45, 7) is 6.90. The van der Waals surface area contributed by atoms with E-state index in [4.69, 9.17) is 0 Å². The van der Waals surface area contributed by atoms with Crippen LogP contribution in [0.15, 0.2) is 16.7 Å². The van der Waals surface area contributed by atoms with Crippen molar-refractivity contribution in [3.63, 3.8) is 0 Å². The summed E-state index contributed by atoms with van der Waals surface area (Å²) in [5.41, 5.74) is 4.65. The van der Waals surface area contributed by atoms with Crippen LogP contribution in [0.2, 0.25) is 0 Å². The summed E-state index contributed by atoms with van der Waals surface area (Å²) in [5, 5.41) is 7.76. The van der Waals surface area contributed by atoms with E-state index in [0.717, 1.165) is 22.5 Å². The lowest BCUT2D eigenvalue weighted by atomic mass is 10.2. The fraction of sp³-hybridized carbons (Fsp3) is 0.385. The molecule has 0 aromatic carbocycles. The molecule has 0 aliphatic heterocycles. The zero-order valence-corrected chi connectivity index (χ0v) is 12.7. The van der Waals surface area contributed by atoms with E-state index in [9.17, 15) is 0 Å². The fourth-order valence-corrected chi connectivity index (χ4v) is 2.28. The molecule has 4 nitrogen and oxygen atoms in total. The molecule has 1 N–H and O–H groups in total. The van der Waals surface area contributed by atoms with Gasteiger partial charge in [-0.05, 0) is 48.3 Å². The van der Waals surface area contributed by atoms with Crippen molar-refractivity contribution in [3.05, 3.63) is 39.3 Å². The molecule has 0 fully saturated rings. The Morgan fingerprint density at radius 1 is 1.33 bits per heavy atom. The molecular weight excluding hydrogens is 292 g/mol. The van der Waals surface area contributed by atoms with Gasteiger partial charge in [0.2, 0.25) is 0 Å². The number of aromatic nitrogens is 3. The summed E-state index contributed by atoms with van der Waals surface area (Å²) in [6, 6.07) is 1.98. The van der Waals surface area contributed by atoms with Crippen molar-refractivity contribution in [1.29, 1.82) is 0 Å². The Morgan fingerprint density at radius 3 is 2.67 bits per heavy atom. The number of aryl methyl sites for hydroxylation is 3. The molecule has 0 amide bonds. The minimum absolute atomic E-state index is 0.737. The quantitative estimate of drug-likeness (QED) is 0.947. The molecule has 0 saturated carbocycles. The van der Waals surface area contributed by atoms with E-state index < -0.39 is 0 Å². The Hall–Kier alpha value is -1.36. The van der Waals surface area contributed by atoms with Gasteiger partial charge in [-0.15, -0.1) is 0 Å². The van der Waals surface area contributed by atoms with Gasteiger partial charge in [-0.3, -0.25) is 4.68 Å². The number of anilines is 1. The lowest BCUT2D eigenvalue weighted by molar-refractivity contribution is 0.730. The number of nitrogens with zero attached hydrogens (tertiary/aromatic N) is 3. The minimum atomic E-state index is 0.737. The lowest BCUT2D eigenvalue weighted by Crippen LogP contribution is -2.04. The Bertz CT molecular complexity index is 575. The van der Waals surface area contributed by atoms with Crippen LogP contribution >= 0.6 is 15.9 Å². The van der Waals surface area contributed by atoms with Gasteiger partial charge < -0.3 is 5.32 Å². The van der Waals surface area contributed by atoms with Crippen LogP contribution in [0.25, 0.3) is 0 Å². The minimum Gasteiger partial charge on any atom is -0.365 e. The highest BCUT2D eigenvalue weighted by Gasteiger charge is 2.10. The molecule has 2 heterocycles. The van der Waals surface area contributed by atoms with Crippen molar-refractivity contribution in [3.8, 4) is 0 Å². The van der Waals surface area contributed by atoms with Crippen LogP contribution in [0, 0.1) is 20.8 Å². The molecule has 0 radical (unpaired) electrons. The number of hydrogen-bond donors (Lipinski definition) is 1. The van der Waals surface area contributed by atoms with Crippen molar-refractivity contribution < 1.29 is 0 Å². The SMILES string of the molecule is Cc1ccnc(NCc2c(C)nn(C)c2C)c1Br. The molecule has 0 aliphatic carbocycles. The Kier molecular flexibility index (Phi) is 3.71. The molecule has 0 saturated heterocycles. The average Bonchev–Trinajstić information content (AvgIpc) is 2.56. The summed E-state index contributed by atoms with van der Waals surface area (Å²) in [6.07, 6.45) is 1.81. The molecule has 2 aromatic rings. The number of rotatable bonds is 3. The number of hydrogen-bond acceptors (Lipinski definition) is 3.